The molecule has 3 atom stereocenters. The van der Waals surface area contributed by atoms with Gasteiger partial charge in [-0.3, -0.25) is 4.79 Å². The first-order valence-electron chi connectivity index (χ1n) is 11.6. The molecule has 2 fully saturated rings. The number of fused-ring (bicyclic) bond motifs is 1. The molecule has 41 heavy (non-hydrogen) atoms. The zero-order chi connectivity index (χ0) is 30.5. The molecular weight excluding hydrogens is 705 g/mol. The van der Waals surface area contributed by atoms with Gasteiger partial charge in [0.1, 0.15) is 29.5 Å². The van der Waals surface area contributed by atoms with Crippen molar-refractivity contribution in [2.24, 2.45) is 0 Å². The zero-order valence-corrected chi connectivity index (χ0v) is 27.2. The quantitative estimate of drug-likeness (QED) is 0.141. The van der Waals surface area contributed by atoms with Crippen molar-refractivity contribution < 1.29 is 32.3 Å². The molecule has 0 bridgehead atoms. The minimum Gasteiger partial charge on any atom is -0.459 e. The van der Waals surface area contributed by atoms with Gasteiger partial charge in [0.05, 0.1) is 15.1 Å². The number of halogens is 6. The maximum absolute atomic E-state index is 13.9. The second-order valence-corrected chi connectivity index (χ2v) is 16.8. The van der Waals surface area contributed by atoms with E-state index < -0.39 is 65.5 Å². The van der Waals surface area contributed by atoms with Gasteiger partial charge in [0.25, 0.3) is 15.9 Å². The van der Waals surface area contributed by atoms with Crippen molar-refractivity contribution >= 4 is 109 Å². The maximum atomic E-state index is 13.9. The Balaban J connectivity index is 1.68. The first-order chi connectivity index (χ1) is 19.0. The molecule has 0 N–H and O–H groups in total. The molecule has 2 saturated heterocycles. The van der Waals surface area contributed by atoms with E-state index in [1.54, 1.807) is 38.1 Å². The third-order valence-corrected chi connectivity index (χ3v) is 11.0. The minimum atomic E-state index is -4.91. The van der Waals surface area contributed by atoms with Gasteiger partial charge in [-0.2, -0.15) is 4.31 Å². The number of hydrogen-bond donors (Lipinski definition) is 0. The molecule has 0 saturated carbocycles. The van der Waals surface area contributed by atoms with Gasteiger partial charge in [-0.25, -0.2) is 18.0 Å². The Kier molecular flexibility index (Phi) is 9.54. The van der Waals surface area contributed by atoms with E-state index in [1.165, 1.54) is 4.90 Å². The van der Waals surface area contributed by atoms with E-state index in [-0.39, 0.29) is 26.0 Å². The molecule has 0 aliphatic carbocycles. The predicted molar refractivity (Wildman–Crippen MR) is 158 cm³/mol. The summed E-state index contributed by atoms with van der Waals surface area (Å²) in [5, 5.41) is -1.58. The molecule has 2 aromatic rings. The van der Waals surface area contributed by atoms with Crippen molar-refractivity contribution in [2.75, 3.05) is 6.61 Å². The Bertz CT molecular complexity index is 1490. The van der Waals surface area contributed by atoms with Crippen LogP contribution in [0, 0.1) is 0 Å². The van der Waals surface area contributed by atoms with Crippen LogP contribution in [0.1, 0.15) is 19.4 Å². The summed E-state index contributed by atoms with van der Waals surface area (Å²) in [6, 6.07) is 8.23. The predicted octanol–water partition coefficient (Wildman–Crippen LogP) is 6.32. The molecule has 0 unspecified atom stereocenters. The maximum Gasteiger partial charge on any atom is 0.424 e. The summed E-state index contributed by atoms with van der Waals surface area (Å²) >= 11 is 36.3. The first kappa shape index (κ1) is 32.6. The van der Waals surface area contributed by atoms with Crippen LogP contribution in [-0.4, -0.2) is 68.2 Å². The van der Waals surface area contributed by atoms with Crippen LogP contribution < -0.4 is 0 Å². The summed E-state index contributed by atoms with van der Waals surface area (Å²) in [5.41, 5.74) is 0.737. The fraction of sp³-hybridized carbons (Fsp3) is 0.375. The molecule has 2 aromatic carbocycles. The third kappa shape index (κ3) is 6.62. The van der Waals surface area contributed by atoms with Crippen LogP contribution in [-0.2, 0) is 35.7 Å². The number of ether oxygens (including phenoxy) is 2. The van der Waals surface area contributed by atoms with Crippen LogP contribution in [0.25, 0.3) is 0 Å². The van der Waals surface area contributed by atoms with Gasteiger partial charge in [-0.15, -0.1) is 11.8 Å². The molecule has 0 radical (unpaired) electrons. The summed E-state index contributed by atoms with van der Waals surface area (Å²) in [6.07, 6.45) is -1.51. The molecule has 4 rings (SSSR count). The summed E-state index contributed by atoms with van der Waals surface area (Å²) in [7, 11) is -4.91. The molecule has 2 heterocycles. The number of thioether (sulfide) groups is 1. The van der Waals surface area contributed by atoms with Gasteiger partial charge in [0.15, 0.2) is 6.04 Å². The lowest BCUT2D eigenvalue weighted by Crippen LogP contribution is -2.72. The van der Waals surface area contributed by atoms with Crippen LogP contribution in [0.15, 0.2) is 47.4 Å². The third-order valence-electron chi connectivity index (χ3n) is 6.16. The highest BCUT2D eigenvalue weighted by Crippen LogP contribution is 2.53. The van der Waals surface area contributed by atoms with E-state index in [0.29, 0.717) is 0 Å². The lowest BCUT2D eigenvalue weighted by atomic mass is 9.96. The Morgan fingerprint density at radius 3 is 2.24 bits per heavy atom. The molecular formula is C24H20Cl6N2O7S2. The van der Waals surface area contributed by atoms with Crippen LogP contribution >= 0.6 is 81.4 Å². The number of esters is 1. The molecule has 2 amide bonds. The van der Waals surface area contributed by atoms with E-state index in [4.69, 9.17) is 79.1 Å². The standard InChI is InChI=1S/C24H20Cl6N2O7S2/c1-23(2)18(21(34)38-10-12-6-4-3-5-7-12)31-19(33)17(20(31)40-23)32(22(35)39-11-24(28,29)30)41(36,37)16-9-14(26)13(25)8-15(16)27/h3-9,17-18,20H,10-11H2,1-2H3/t17-,18+,20-/m1/s1. The van der Waals surface area contributed by atoms with Crippen molar-refractivity contribution in [3.63, 3.8) is 0 Å². The molecule has 2 aliphatic heterocycles. The normalized spacial score (nSPS) is 21.6. The number of alkyl halides is 3. The van der Waals surface area contributed by atoms with Crippen LogP contribution in [0.4, 0.5) is 4.79 Å². The lowest BCUT2D eigenvalue weighted by Gasteiger charge is -2.47. The smallest absolute Gasteiger partial charge is 0.424 e. The van der Waals surface area contributed by atoms with Crippen molar-refractivity contribution in [3.05, 3.63) is 63.1 Å². The van der Waals surface area contributed by atoms with E-state index in [1.807, 2.05) is 6.07 Å². The fourth-order valence-corrected chi connectivity index (χ4v) is 8.72. The van der Waals surface area contributed by atoms with Gasteiger partial charge in [0, 0.05) is 4.75 Å². The number of hydrogen-bond acceptors (Lipinski definition) is 8. The average Bonchev–Trinajstić information content (AvgIpc) is 3.13. The number of amides is 2. The van der Waals surface area contributed by atoms with E-state index in [2.05, 4.69) is 0 Å². The van der Waals surface area contributed by atoms with Crippen LogP contribution in [0.2, 0.25) is 15.1 Å². The van der Waals surface area contributed by atoms with Gasteiger partial charge in [-0.1, -0.05) is 99.9 Å². The highest BCUT2D eigenvalue weighted by Gasteiger charge is 2.68. The van der Waals surface area contributed by atoms with E-state index in [9.17, 15) is 22.8 Å². The zero-order valence-electron chi connectivity index (χ0n) is 21.0. The minimum absolute atomic E-state index is 0.0350. The van der Waals surface area contributed by atoms with Gasteiger partial charge in [0.2, 0.25) is 3.79 Å². The summed E-state index contributed by atoms with van der Waals surface area (Å²) < 4.78 is 35.4. The number of benzene rings is 2. The van der Waals surface area contributed by atoms with Crippen LogP contribution in [0.3, 0.4) is 0 Å². The summed E-state index contributed by atoms with van der Waals surface area (Å²) in [5.74, 6) is -1.54. The number of rotatable bonds is 7. The van der Waals surface area contributed by atoms with Crippen molar-refractivity contribution in [2.45, 2.75) is 51.3 Å². The lowest BCUT2D eigenvalue weighted by molar-refractivity contribution is -0.166. The van der Waals surface area contributed by atoms with Gasteiger partial charge >= 0.3 is 12.1 Å². The molecule has 0 aromatic heterocycles. The first-order valence-corrected chi connectivity index (χ1v) is 16.2. The monoisotopic (exact) mass is 722 g/mol. The molecule has 9 nitrogen and oxygen atoms in total. The Labute approximate surface area is 270 Å². The SMILES string of the molecule is CC1(C)S[C@@H]2[C@H](N(C(=O)OCC(Cl)(Cl)Cl)S(=O)(=O)c3cc(Cl)c(Cl)cc3Cl)C(=O)N2[C@H]1C(=O)OCc1ccccc1. The Hall–Kier alpha value is -1.31. The second-order valence-electron chi connectivity index (χ2n) is 9.47. The van der Waals surface area contributed by atoms with E-state index >= 15 is 0 Å². The highest BCUT2D eigenvalue weighted by atomic mass is 35.6. The Morgan fingerprint density at radius 1 is 1.02 bits per heavy atom. The summed E-state index contributed by atoms with van der Waals surface area (Å²) in [6.45, 7) is 2.53. The topological polar surface area (TPSA) is 110 Å². The van der Waals surface area contributed by atoms with Crippen molar-refractivity contribution in [1.82, 2.24) is 9.21 Å². The number of carbonyl (C=O) groups excluding carboxylic acids is 3. The highest BCUT2D eigenvalue weighted by molar-refractivity contribution is 8.01. The van der Waals surface area contributed by atoms with Gasteiger partial charge < -0.3 is 14.4 Å². The molecule has 2 aliphatic rings. The number of β-lactam (4-membered cyclic amide) rings is 1. The molecule has 17 heteroatoms. The number of nitrogens with zero attached hydrogens (tertiary/aromatic N) is 2. The van der Waals surface area contributed by atoms with Crippen molar-refractivity contribution in [3.8, 4) is 0 Å². The summed E-state index contributed by atoms with van der Waals surface area (Å²) in [4.78, 5) is 40.6. The van der Waals surface area contributed by atoms with Crippen LogP contribution in [0.5, 0.6) is 0 Å². The van der Waals surface area contributed by atoms with E-state index in [0.717, 1.165) is 29.5 Å². The number of carbonyl (C=O) groups is 3. The largest absolute Gasteiger partial charge is 0.459 e. The van der Waals surface area contributed by atoms with Crippen molar-refractivity contribution in [1.29, 1.82) is 0 Å². The Morgan fingerprint density at radius 2 is 1.63 bits per heavy atom. The molecule has 222 valence electrons. The van der Waals surface area contributed by atoms with Gasteiger partial charge in [-0.05, 0) is 31.5 Å². The fourth-order valence-electron chi connectivity index (χ4n) is 4.37. The second kappa shape index (κ2) is 12.0. The average molecular weight is 725 g/mol. The number of sulfonamides is 1. The molecule has 0 spiro atoms.